The summed E-state index contributed by atoms with van der Waals surface area (Å²) < 4.78 is 5.67. The Kier molecular flexibility index (Phi) is 7.20. The summed E-state index contributed by atoms with van der Waals surface area (Å²) in [5.41, 5.74) is 3.69. The maximum Gasteiger partial charge on any atom is 0.408 e. The van der Waals surface area contributed by atoms with E-state index in [0.29, 0.717) is 38.8 Å². The number of nitrogens with zero attached hydrogens (tertiary/aromatic N) is 1. The second-order valence-electron chi connectivity index (χ2n) is 9.12. The van der Waals surface area contributed by atoms with Crippen LogP contribution >= 0.6 is 0 Å². The Hall–Kier alpha value is -3.35. The minimum atomic E-state index is -0.925. The van der Waals surface area contributed by atoms with Gasteiger partial charge >= 0.3 is 12.1 Å². The van der Waals surface area contributed by atoms with Crippen molar-refractivity contribution in [1.29, 1.82) is 0 Å². The van der Waals surface area contributed by atoms with E-state index < -0.39 is 17.6 Å². The number of hydrogen-bond donors (Lipinski definition) is 2. The Labute approximate surface area is 200 Å². The van der Waals surface area contributed by atoms with Crippen molar-refractivity contribution in [2.45, 2.75) is 56.9 Å². The highest BCUT2D eigenvalue weighted by Crippen LogP contribution is 2.44. The maximum absolute atomic E-state index is 13.3. The van der Waals surface area contributed by atoms with Crippen molar-refractivity contribution in [3.8, 4) is 11.1 Å². The lowest BCUT2D eigenvalue weighted by Crippen LogP contribution is -2.63. The molecular formula is C27H32N2O5. The number of carbonyl (C=O) groups excluding carboxylic acids is 2. The smallest absolute Gasteiger partial charge is 0.408 e. The number of carboxylic acids is 1. The number of hydrogen-bond acceptors (Lipinski definition) is 4. The van der Waals surface area contributed by atoms with Crippen molar-refractivity contribution in [2.75, 3.05) is 19.7 Å². The van der Waals surface area contributed by atoms with Crippen molar-refractivity contribution in [1.82, 2.24) is 10.2 Å². The molecule has 0 spiro atoms. The van der Waals surface area contributed by atoms with Gasteiger partial charge in [-0.3, -0.25) is 9.59 Å². The van der Waals surface area contributed by atoms with Crippen molar-refractivity contribution < 1.29 is 24.2 Å². The summed E-state index contributed by atoms with van der Waals surface area (Å²) >= 11 is 0. The lowest BCUT2D eigenvalue weighted by atomic mass is 9.75. The van der Waals surface area contributed by atoms with Crippen LogP contribution in [0.2, 0.25) is 0 Å². The van der Waals surface area contributed by atoms with Gasteiger partial charge in [0.25, 0.3) is 0 Å². The Morgan fingerprint density at radius 2 is 1.65 bits per heavy atom. The van der Waals surface area contributed by atoms with Gasteiger partial charge in [-0.25, -0.2) is 4.79 Å². The zero-order valence-electron chi connectivity index (χ0n) is 19.6. The summed E-state index contributed by atoms with van der Waals surface area (Å²) in [4.78, 5) is 38.5. The molecule has 0 heterocycles. The normalized spacial score (nSPS) is 15.6. The monoisotopic (exact) mass is 464 g/mol. The van der Waals surface area contributed by atoms with Gasteiger partial charge in [0, 0.05) is 25.4 Å². The van der Waals surface area contributed by atoms with E-state index in [4.69, 9.17) is 9.84 Å². The van der Waals surface area contributed by atoms with E-state index in [0.717, 1.165) is 17.5 Å². The van der Waals surface area contributed by atoms with Crippen LogP contribution in [0.15, 0.2) is 48.5 Å². The molecule has 34 heavy (non-hydrogen) atoms. The average Bonchev–Trinajstić information content (AvgIpc) is 3.13. The minimum absolute atomic E-state index is 0.0347. The number of nitrogens with one attached hydrogen (secondary N) is 1. The second kappa shape index (κ2) is 10.3. The van der Waals surface area contributed by atoms with Crippen LogP contribution in [0, 0.1) is 0 Å². The number of carboxylic acid groups (broad SMARTS) is 1. The largest absolute Gasteiger partial charge is 0.481 e. The molecule has 0 bridgehead atoms. The van der Waals surface area contributed by atoms with Crippen LogP contribution in [-0.4, -0.2) is 53.2 Å². The first kappa shape index (κ1) is 23.8. The fraction of sp³-hybridized carbons (Fsp3) is 0.444. The van der Waals surface area contributed by atoms with Crippen LogP contribution in [0.3, 0.4) is 0 Å². The summed E-state index contributed by atoms with van der Waals surface area (Å²) in [7, 11) is 0. The third kappa shape index (κ3) is 4.79. The summed E-state index contributed by atoms with van der Waals surface area (Å²) in [5, 5.41) is 11.7. The van der Waals surface area contributed by atoms with Gasteiger partial charge in [-0.05, 0) is 61.3 Å². The predicted molar refractivity (Wildman–Crippen MR) is 129 cm³/mol. The highest BCUT2D eigenvalue weighted by Gasteiger charge is 2.47. The van der Waals surface area contributed by atoms with Gasteiger partial charge in [-0.2, -0.15) is 0 Å². The van der Waals surface area contributed by atoms with Gasteiger partial charge in [0.05, 0.1) is 0 Å². The molecule has 7 nitrogen and oxygen atoms in total. The molecule has 2 aliphatic rings. The minimum Gasteiger partial charge on any atom is -0.481 e. The molecule has 2 aromatic rings. The summed E-state index contributed by atoms with van der Waals surface area (Å²) in [6.45, 7) is 3.10. The Morgan fingerprint density at radius 1 is 1.03 bits per heavy atom. The van der Waals surface area contributed by atoms with Crippen LogP contribution in [-0.2, 0) is 14.3 Å². The maximum atomic E-state index is 13.3. The molecule has 0 aromatic heterocycles. The Morgan fingerprint density at radius 3 is 2.18 bits per heavy atom. The van der Waals surface area contributed by atoms with Gasteiger partial charge in [0.15, 0.2) is 0 Å². The van der Waals surface area contributed by atoms with Crippen LogP contribution in [0.5, 0.6) is 0 Å². The molecule has 0 unspecified atom stereocenters. The number of carbonyl (C=O) groups is 3. The summed E-state index contributed by atoms with van der Waals surface area (Å²) in [6.07, 6.45) is 2.69. The van der Waals surface area contributed by atoms with Crippen LogP contribution < -0.4 is 5.32 Å². The number of benzene rings is 2. The average molecular weight is 465 g/mol. The molecule has 2 aromatic carbocycles. The van der Waals surface area contributed by atoms with Crippen LogP contribution in [0.25, 0.3) is 11.1 Å². The molecule has 1 saturated carbocycles. The molecule has 0 aliphatic heterocycles. The van der Waals surface area contributed by atoms with E-state index >= 15 is 0 Å². The second-order valence-corrected chi connectivity index (χ2v) is 9.12. The molecule has 0 atom stereocenters. The molecule has 2 amide bonds. The number of amides is 2. The van der Waals surface area contributed by atoms with E-state index in [1.165, 1.54) is 11.1 Å². The predicted octanol–water partition coefficient (Wildman–Crippen LogP) is 4.55. The number of fused-ring (bicyclic) bond motifs is 3. The van der Waals surface area contributed by atoms with Crippen molar-refractivity contribution >= 4 is 18.0 Å². The molecule has 0 radical (unpaired) electrons. The number of likely N-dealkylation sites (N-methyl/N-ethyl adjacent to an activating group) is 1. The van der Waals surface area contributed by atoms with Crippen LogP contribution in [0.4, 0.5) is 4.79 Å². The quantitative estimate of drug-likeness (QED) is 0.503. The summed E-state index contributed by atoms with van der Waals surface area (Å²) in [5.74, 6) is -0.973. The SMILES string of the molecule is CCN(CCCCC(=O)O)C(=O)C1(NC(=O)OCC2c3ccccc3-c3ccccc32)CCC1. The van der Waals surface area contributed by atoms with Crippen molar-refractivity contribution in [3.05, 3.63) is 59.7 Å². The van der Waals surface area contributed by atoms with Gasteiger partial charge < -0.3 is 20.1 Å². The zero-order valence-corrected chi connectivity index (χ0v) is 19.6. The third-order valence-electron chi connectivity index (χ3n) is 7.04. The van der Waals surface area contributed by atoms with E-state index in [2.05, 4.69) is 29.6 Å². The van der Waals surface area contributed by atoms with Gasteiger partial charge in [-0.1, -0.05) is 48.5 Å². The first-order valence-electron chi connectivity index (χ1n) is 12.1. The van der Waals surface area contributed by atoms with E-state index in [1.807, 2.05) is 31.2 Å². The lowest BCUT2D eigenvalue weighted by molar-refractivity contribution is -0.141. The number of rotatable bonds is 10. The fourth-order valence-corrected chi connectivity index (χ4v) is 5.04. The van der Waals surface area contributed by atoms with E-state index in [9.17, 15) is 14.4 Å². The van der Waals surface area contributed by atoms with Gasteiger partial charge in [-0.15, -0.1) is 0 Å². The molecular weight excluding hydrogens is 432 g/mol. The van der Waals surface area contributed by atoms with Gasteiger partial charge in [0.2, 0.25) is 5.91 Å². The molecule has 0 saturated heterocycles. The highest BCUT2D eigenvalue weighted by atomic mass is 16.5. The highest BCUT2D eigenvalue weighted by molar-refractivity contribution is 5.91. The summed E-state index contributed by atoms with van der Waals surface area (Å²) in [6, 6.07) is 16.3. The number of unbranched alkanes of at least 4 members (excludes halogenated alkanes) is 1. The first-order valence-corrected chi connectivity index (χ1v) is 12.1. The molecule has 4 rings (SSSR count). The van der Waals surface area contributed by atoms with E-state index in [-0.39, 0.29) is 24.9 Å². The number of aliphatic carboxylic acids is 1. The zero-order chi connectivity index (χ0) is 24.1. The van der Waals surface area contributed by atoms with Crippen molar-refractivity contribution in [3.63, 3.8) is 0 Å². The molecule has 2 N–H and O–H groups in total. The van der Waals surface area contributed by atoms with Gasteiger partial charge in [0.1, 0.15) is 12.1 Å². The fourth-order valence-electron chi connectivity index (χ4n) is 5.04. The lowest BCUT2D eigenvalue weighted by Gasteiger charge is -2.43. The molecule has 2 aliphatic carbocycles. The molecule has 180 valence electrons. The molecule has 1 fully saturated rings. The number of alkyl carbamates (subject to hydrolysis) is 1. The van der Waals surface area contributed by atoms with Crippen molar-refractivity contribution in [2.24, 2.45) is 0 Å². The Balaban J connectivity index is 1.37. The first-order chi connectivity index (χ1) is 16.4. The topological polar surface area (TPSA) is 95.9 Å². The number of ether oxygens (including phenoxy) is 1. The standard InChI is InChI=1S/C27H32N2O5/c1-2-29(17-8-7-14-24(30)31)25(32)27(15-9-16-27)28-26(33)34-18-23-21-12-5-3-10-19(21)20-11-4-6-13-22(20)23/h3-6,10-13,23H,2,7-9,14-18H2,1H3,(H,28,33)(H,30,31). The van der Waals surface area contributed by atoms with E-state index in [1.54, 1.807) is 4.90 Å². The third-order valence-corrected chi connectivity index (χ3v) is 7.04. The van der Waals surface area contributed by atoms with Crippen LogP contribution in [0.1, 0.15) is 62.5 Å². The molecule has 7 heteroatoms. The Bertz CT molecular complexity index is 1020.